The van der Waals surface area contributed by atoms with Gasteiger partial charge in [-0.2, -0.15) is 4.98 Å². The average molecular weight is 439 g/mol. The van der Waals surface area contributed by atoms with Crippen LogP contribution in [0.3, 0.4) is 0 Å². The Kier molecular flexibility index (Phi) is 6.08. The SMILES string of the molecule is CC(=O)N1CCN(c2ccc(Nc3ncc(Cl)c(Oc4cccc(N)c4)n3)cc2)CC1. The molecule has 2 heterocycles. The summed E-state index contributed by atoms with van der Waals surface area (Å²) in [7, 11) is 0. The van der Waals surface area contributed by atoms with E-state index < -0.39 is 0 Å². The first-order valence-electron chi connectivity index (χ1n) is 9.91. The molecule has 0 spiro atoms. The van der Waals surface area contributed by atoms with Gasteiger partial charge in [-0.05, 0) is 36.4 Å². The lowest BCUT2D eigenvalue weighted by atomic mass is 10.2. The van der Waals surface area contributed by atoms with Crippen LogP contribution in [0.25, 0.3) is 0 Å². The van der Waals surface area contributed by atoms with Gasteiger partial charge in [-0.1, -0.05) is 17.7 Å². The first-order chi connectivity index (χ1) is 15.0. The van der Waals surface area contributed by atoms with E-state index in [4.69, 9.17) is 22.1 Å². The number of amides is 1. The van der Waals surface area contributed by atoms with Gasteiger partial charge in [0, 0.05) is 56.2 Å². The van der Waals surface area contributed by atoms with Gasteiger partial charge in [-0.3, -0.25) is 4.79 Å². The van der Waals surface area contributed by atoms with Crippen molar-refractivity contribution >= 4 is 40.5 Å². The normalized spacial score (nSPS) is 13.7. The van der Waals surface area contributed by atoms with Crippen molar-refractivity contribution in [3.63, 3.8) is 0 Å². The Labute approximate surface area is 185 Å². The molecular weight excluding hydrogens is 416 g/mol. The molecule has 0 saturated carbocycles. The Morgan fingerprint density at radius 3 is 2.55 bits per heavy atom. The molecule has 0 radical (unpaired) electrons. The van der Waals surface area contributed by atoms with E-state index in [-0.39, 0.29) is 11.8 Å². The largest absolute Gasteiger partial charge is 0.437 e. The zero-order valence-corrected chi connectivity index (χ0v) is 17.8. The van der Waals surface area contributed by atoms with Gasteiger partial charge < -0.3 is 25.6 Å². The number of anilines is 4. The van der Waals surface area contributed by atoms with Crippen LogP contribution >= 0.6 is 11.6 Å². The monoisotopic (exact) mass is 438 g/mol. The number of nitrogens with zero attached hydrogens (tertiary/aromatic N) is 4. The smallest absolute Gasteiger partial charge is 0.243 e. The summed E-state index contributed by atoms with van der Waals surface area (Å²) in [6.07, 6.45) is 1.49. The molecule has 9 heteroatoms. The molecule has 31 heavy (non-hydrogen) atoms. The maximum absolute atomic E-state index is 11.5. The number of benzene rings is 2. The number of nitrogens with two attached hydrogens (primary N) is 1. The molecule has 1 fully saturated rings. The van der Waals surface area contributed by atoms with Gasteiger partial charge >= 0.3 is 0 Å². The highest BCUT2D eigenvalue weighted by Gasteiger charge is 2.18. The van der Waals surface area contributed by atoms with E-state index in [9.17, 15) is 4.79 Å². The van der Waals surface area contributed by atoms with Crippen molar-refractivity contribution in [2.45, 2.75) is 6.92 Å². The lowest BCUT2D eigenvalue weighted by Crippen LogP contribution is -2.48. The van der Waals surface area contributed by atoms with Crippen LogP contribution in [0.2, 0.25) is 5.02 Å². The molecule has 1 aromatic heterocycles. The molecule has 0 atom stereocenters. The number of rotatable bonds is 5. The Bertz CT molecular complexity index is 1070. The first-order valence-corrected chi connectivity index (χ1v) is 10.3. The minimum Gasteiger partial charge on any atom is -0.437 e. The first kappa shape index (κ1) is 20.7. The molecule has 8 nitrogen and oxygen atoms in total. The van der Waals surface area contributed by atoms with E-state index >= 15 is 0 Å². The fraction of sp³-hybridized carbons (Fsp3) is 0.227. The zero-order valence-electron chi connectivity index (χ0n) is 17.1. The number of nitrogen functional groups attached to an aromatic ring is 1. The topological polar surface area (TPSA) is 96.6 Å². The highest BCUT2D eigenvalue weighted by atomic mass is 35.5. The van der Waals surface area contributed by atoms with Gasteiger partial charge in [0.1, 0.15) is 10.8 Å². The van der Waals surface area contributed by atoms with E-state index in [1.54, 1.807) is 31.2 Å². The molecule has 1 saturated heterocycles. The van der Waals surface area contributed by atoms with Crippen LogP contribution in [0.1, 0.15) is 6.92 Å². The molecular formula is C22H23ClN6O2. The molecule has 160 valence electrons. The van der Waals surface area contributed by atoms with Crippen LogP contribution in [-0.4, -0.2) is 47.0 Å². The van der Waals surface area contributed by atoms with E-state index in [0.29, 0.717) is 22.4 Å². The number of hydrogen-bond donors (Lipinski definition) is 2. The second kappa shape index (κ2) is 9.09. The molecule has 1 aliphatic rings. The number of carbonyl (C=O) groups excluding carboxylic acids is 1. The predicted octanol–water partition coefficient (Wildman–Crippen LogP) is 3.92. The van der Waals surface area contributed by atoms with Crippen molar-refractivity contribution in [1.82, 2.24) is 14.9 Å². The zero-order chi connectivity index (χ0) is 21.8. The fourth-order valence-electron chi connectivity index (χ4n) is 3.34. The number of halogens is 1. The maximum Gasteiger partial charge on any atom is 0.243 e. The molecule has 0 unspecified atom stereocenters. The van der Waals surface area contributed by atoms with Crippen molar-refractivity contribution in [3.05, 3.63) is 59.8 Å². The summed E-state index contributed by atoms with van der Waals surface area (Å²) >= 11 is 6.19. The van der Waals surface area contributed by atoms with Gasteiger partial charge in [0.2, 0.25) is 17.7 Å². The van der Waals surface area contributed by atoms with Crippen LogP contribution in [-0.2, 0) is 4.79 Å². The lowest BCUT2D eigenvalue weighted by Gasteiger charge is -2.35. The Hall–Kier alpha value is -3.52. The number of aromatic nitrogens is 2. The van der Waals surface area contributed by atoms with Crippen LogP contribution in [0.15, 0.2) is 54.7 Å². The molecule has 0 aliphatic carbocycles. The van der Waals surface area contributed by atoms with E-state index in [2.05, 4.69) is 20.2 Å². The summed E-state index contributed by atoms with van der Waals surface area (Å²) < 4.78 is 5.75. The number of ether oxygens (including phenoxy) is 1. The van der Waals surface area contributed by atoms with Crippen molar-refractivity contribution in [2.75, 3.05) is 42.1 Å². The lowest BCUT2D eigenvalue weighted by molar-refractivity contribution is -0.129. The second-order valence-electron chi connectivity index (χ2n) is 7.19. The van der Waals surface area contributed by atoms with E-state index in [1.165, 1.54) is 6.20 Å². The quantitative estimate of drug-likeness (QED) is 0.583. The van der Waals surface area contributed by atoms with Gasteiger partial charge in [0.05, 0.1) is 6.20 Å². The summed E-state index contributed by atoms with van der Waals surface area (Å²) in [5, 5.41) is 3.46. The maximum atomic E-state index is 11.5. The minimum absolute atomic E-state index is 0.126. The van der Waals surface area contributed by atoms with Crippen molar-refractivity contribution in [2.24, 2.45) is 0 Å². The van der Waals surface area contributed by atoms with Gasteiger partial charge in [-0.25, -0.2) is 4.98 Å². The molecule has 1 aliphatic heterocycles. The molecule has 1 amide bonds. The summed E-state index contributed by atoms with van der Waals surface area (Å²) in [5.74, 6) is 1.28. The van der Waals surface area contributed by atoms with Crippen LogP contribution < -0.4 is 20.7 Å². The molecule has 3 N–H and O–H groups in total. The standard InChI is InChI=1S/C22H23ClN6O2/c1-15(30)28-9-11-29(12-10-28)18-7-5-17(6-8-18)26-22-25-14-20(23)21(27-22)31-19-4-2-3-16(24)13-19/h2-8,13-14H,9-12,24H2,1H3,(H,25,26,27). The molecule has 2 aromatic carbocycles. The summed E-state index contributed by atoms with van der Waals surface area (Å²) in [6, 6.07) is 15.0. The van der Waals surface area contributed by atoms with Gasteiger partial charge in [0.15, 0.2) is 0 Å². The molecule has 3 aromatic rings. The summed E-state index contributed by atoms with van der Waals surface area (Å²) in [4.78, 5) is 24.2. The molecule has 0 bridgehead atoms. The van der Waals surface area contributed by atoms with Crippen LogP contribution in [0, 0.1) is 0 Å². The number of hydrogen-bond acceptors (Lipinski definition) is 7. The molecule has 4 rings (SSSR count). The van der Waals surface area contributed by atoms with E-state index in [0.717, 1.165) is 37.6 Å². The second-order valence-corrected chi connectivity index (χ2v) is 7.59. The highest BCUT2D eigenvalue weighted by molar-refractivity contribution is 6.31. The summed E-state index contributed by atoms with van der Waals surface area (Å²) in [6.45, 7) is 4.73. The minimum atomic E-state index is 0.126. The number of carbonyl (C=O) groups is 1. The Balaban J connectivity index is 1.42. The Morgan fingerprint density at radius 2 is 1.87 bits per heavy atom. The van der Waals surface area contributed by atoms with Crippen molar-refractivity contribution in [1.29, 1.82) is 0 Å². The summed E-state index contributed by atoms with van der Waals surface area (Å²) in [5.41, 5.74) is 8.32. The van der Waals surface area contributed by atoms with Crippen LogP contribution in [0.4, 0.5) is 23.0 Å². The fourth-order valence-corrected chi connectivity index (χ4v) is 3.47. The average Bonchev–Trinajstić information content (AvgIpc) is 2.77. The number of nitrogens with one attached hydrogen (secondary N) is 1. The third kappa shape index (κ3) is 5.16. The third-order valence-electron chi connectivity index (χ3n) is 5.00. The highest BCUT2D eigenvalue weighted by Crippen LogP contribution is 2.29. The predicted molar refractivity (Wildman–Crippen MR) is 122 cm³/mol. The van der Waals surface area contributed by atoms with Crippen molar-refractivity contribution < 1.29 is 9.53 Å². The van der Waals surface area contributed by atoms with E-state index in [1.807, 2.05) is 29.2 Å². The Morgan fingerprint density at radius 1 is 1.13 bits per heavy atom. The van der Waals surface area contributed by atoms with Gasteiger partial charge in [0.25, 0.3) is 0 Å². The van der Waals surface area contributed by atoms with Crippen molar-refractivity contribution in [3.8, 4) is 11.6 Å². The third-order valence-corrected chi connectivity index (χ3v) is 5.26. The number of piperazine rings is 1. The van der Waals surface area contributed by atoms with Crippen LogP contribution in [0.5, 0.6) is 11.6 Å². The van der Waals surface area contributed by atoms with Gasteiger partial charge in [-0.15, -0.1) is 0 Å².